The molecule has 1 aromatic carbocycles. The molecular formula is C20H30ClN3O4. The summed E-state index contributed by atoms with van der Waals surface area (Å²) < 4.78 is 10.2. The van der Waals surface area contributed by atoms with Gasteiger partial charge in [-0.2, -0.15) is 0 Å². The van der Waals surface area contributed by atoms with Crippen molar-refractivity contribution in [3.8, 4) is 5.75 Å². The molecule has 0 aliphatic carbocycles. The van der Waals surface area contributed by atoms with Crippen LogP contribution < -0.4 is 15.8 Å². The third-order valence-electron chi connectivity index (χ3n) is 5.03. The number of ether oxygens (including phenoxy) is 2. The Hall–Kier alpha value is -1.99. The highest BCUT2D eigenvalue weighted by molar-refractivity contribution is 6.33. The lowest BCUT2D eigenvalue weighted by atomic mass is 9.93. The molecule has 1 aliphatic heterocycles. The number of halogens is 1. The summed E-state index contributed by atoms with van der Waals surface area (Å²) in [5.41, 5.74) is 6.54. The first-order chi connectivity index (χ1) is 13.3. The van der Waals surface area contributed by atoms with Gasteiger partial charge in [0.25, 0.3) is 5.91 Å². The third-order valence-corrected chi connectivity index (χ3v) is 5.36. The molecule has 1 saturated heterocycles. The van der Waals surface area contributed by atoms with E-state index < -0.39 is 0 Å². The molecule has 156 valence electrons. The molecule has 0 radical (unpaired) electrons. The molecule has 1 heterocycles. The molecule has 1 aromatic rings. The number of piperidine rings is 1. The maximum Gasteiger partial charge on any atom is 0.305 e. The summed E-state index contributed by atoms with van der Waals surface area (Å²) in [5.74, 6) is 0.333. The summed E-state index contributed by atoms with van der Waals surface area (Å²) in [6.45, 7) is 6.95. The number of nitrogen functional groups attached to an aromatic ring is 1. The second-order valence-electron chi connectivity index (χ2n) is 7.13. The minimum absolute atomic E-state index is 0.0647. The van der Waals surface area contributed by atoms with Crippen LogP contribution in [0.3, 0.4) is 0 Å². The number of hydrogen-bond acceptors (Lipinski definition) is 6. The topological polar surface area (TPSA) is 93.9 Å². The number of likely N-dealkylation sites (tertiary alicyclic amines) is 1. The highest BCUT2D eigenvalue weighted by Crippen LogP contribution is 2.29. The van der Waals surface area contributed by atoms with E-state index in [-0.39, 0.29) is 23.8 Å². The third kappa shape index (κ3) is 6.01. The lowest BCUT2D eigenvalue weighted by molar-refractivity contribution is -0.143. The molecule has 7 nitrogen and oxygen atoms in total. The number of hydrogen-bond donors (Lipinski definition) is 2. The van der Waals surface area contributed by atoms with E-state index >= 15 is 0 Å². The van der Waals surface area contributed by atoms with E-state index in [1.165, 1.54) is 7.11 Å². The van der Waals surface area contributed by atoms with Crippen LogP contribution in [0.4, 0.5) is 5.69 Å². The number of anilines is 1. The van der Waals surface area contributed by atoms with E-state index in [4.69, 9.17) is 26.8 Å². The molecule has 2 atom stereocenters. The van der Waals surface area contributed by atoms with Gasteiger partial charge in [0.05, 0.1) is 30.0 Å². The number of carbonyl (C=O) groups excluding carboxylic acids is 2. The molecule has 0 saturated carbocycles. The van der Waals surface area contributed by atoms with Gasteiger partial charge in [-0.05, 0) is 38.3 Å². The van der Waals surface area contributed by atoms with Gasteiger partial charge >= 0.3 is 5.97 Å². The van der Waals surface area contributed by atoms with Gasteiger partial charge in [-0.3, -0.25) is 9.59 Å². The molecule has 8 heteroatoms. The molecule has 1 fully saturated rings. The number of nitrogens with two attached hydrogens (primary N) is 1. The predicted molar refractivity (Wildman–Crippen MR) is 110 cm³/mol. The standard InChI is InChI=1S/C20H30ClN3O4/c1-4-28-19(25)6-5-8-24-9-7-17(13(2)12-24)23-20(26)14-10-15(21)16(22)11-18(14)27-3/h10-11,13,17H,4-9,12,22H2,1-3H3,(H,23,26)/t13-,17-/m1/s1. The van der Waals surface area contributed by atoms with Crippen molar-refractivity contribution in [3.05, 3.63) is 22.7 Å². The van der Waals surface area contributed by atoms with Gasteiger partial charge in [0.2, 0.25) is 0 Å². The van der Waals surface area contributed by atoms with E-state index in [1.54, 1.807) is 12.1 Å². The fourth-order valence-corrected chi connectivity index (χ4v) is 3.65. The van der Waals surface area contributed by atoms with Crippen LogP contribution in [-0.2, 0) is 9.53 Å². The summed E-state index contributed by atoms with van der Waals surface area (Å²) in [6, 6.07) is 3.17. The number of carbonyl (C=O) groups is 2. The molecule has 1 amide bonds. The largest absolute Gasteiger partial charge is 0.496 e. The highest BCUT2D eigenvalue weighted by Gasteiger charge is 2.28. The van der Waals surface area contributed by atoms with Gasteiger partial charge < -0.3 is 25.4 Å². The number of esters is 1. The summed E-state index contributed by atoms with van der Waals surface area (Å²) in [6.07, 6.45) is 2.07. The minimum atomic E-state index is -0.216. The molecule has 2 rings (SSSR count). The van der Waals surface area contributed by atoms with Crippen molar-refractivity contribution in [2.75, 3.05) is 39.1 Å². The van der Waals surface area contributed by atoms with Crippen LogP contribution in [0.5, 0.6) is 5.75 Å². The summed E-state index contributed by atoms with van der Waals surface area (Å²) >= 11 is 6.07. The fourth-order valence-electron chi connectivity index (χ4n) is 3.49. The quantitative estimate of drug-likeness (QED) is 0.504. The average molecular weight is 412 g/mol. The van der Waals surface area contributed by atoms with Crippen LogP contribution in [-0.4, -0.2) is 56.2 Å². The molecule has 0 bridgehead atoms. The number of rotatable bonds is 8. The van der Waals surface area contributed by atoms with Gasteiger partial charge in [-0.25, -0.2) is 0 Å². The zero-order valence-electron chi connectivity index (χ0n) is 16.8. The van der Waals surface area contributed by atoms with E-state index in [0.29, 0.717) is 35.1 Å². The number of methoxy groups -OCH3 is 1. The van der Waals surface area contributed by atoms with Crippen LogP contribution in [0.1, 0.15) is 43.5 Å². The van der Waals surface area contributed by atoms with Crippen molar-refractivity contribution in [1.29, 1.82) is 0 Å². The Kier molecular flexibility index (Phi) is 8.38. The average Bonchev–Trinajstić information content (AvgIpc) is 2.65. The van der Waals surface area contributed by atoms with Crippen molar-refractivity contribution in [1.82, 2.24) is 10.2 Å². The zero-order valence-corrected chi connectivity index (χ0v) is 17.6. The molecule has 3 N–H and O–H groups in total. The second-order valence-corrected chi connectivity index (χ2v) is 7.54. The van der Waals surface area contributed by atoms with Gasteiger partial charge in [-0.1, -0.05) is 18.5 Å². The Balaban J connectivity index is 1.87. The van der Waals surface area contributed by atoms with Crippen molar-refractivity contribution >= 4 is 29.2 Å². The Morgan fingerprint density at radius 2 is 2.14 bits per heavy atom. The lowest BCUT2D eigenvalue weighted by Gasteiger charge is -2.37. The number of nitrogens with one attached hydrogen (secondary N) is 1. The first-order valence-corrected chi connectivity index (χ1v) is 10.0. The Morgan fingerprint density at radius 3 is 2.79 bits per heavy atom. The normalized spacial score (nSPS) is 19.9. The maximum absolute atomic E-state index is 12.7. The van der Waals surface area contributed by atoms with Crippen LogP contribution in [0.2, 0.25) is 5.02 Å². The number of nitrogens with zero attached hydrogens (tertiary/aromatic N) is 1. The van der Waals surface area contributed by atoms with Crippen molar-refractivity contribution in [2.45, 2.75) is 39.2 Å². The van der Waals surface area contributed by atoms with Crippen molar-refractivity contribution in [3.63, 3.8) is 0 Å². The Labute approximate surface area is 171 Å². The molecule has 1 aliphatic rings. The lowest BCUT2D eigenvalue weighted by Crippen LogP contribution is -2.50. The van der Waals surface area contributed by atoms with Crippen LogP contribution in [0.15, 0.2) is 12.1 Å². The van der Waals surface area contributed by atoms with Crippen LogP contribution in [0.25, 0.3) is 0 Å². The zero-order chi connectivity index (χ0) is 20.7. The van der Waals surface area contributed by atoms with Crippen LogP contribution >= 0.6 is 11.6 Å². The molecule has 0 spiro atoms. The fraction of sp³-hybridized carbons (Fsp3) is 0.600. The molecule has 0 aromatic heterocycles. The smallest absolute Gasteiger partial charge is 0.305 e. The van der Waals surface area contributed by atoms with Gasteiger partial charge in [0, 0.05) is 31.6 Å². The van der Waals surface area contributed by atoms with E-state index in [9.17, 15) is 9.59 Å². The summed E-state index contributed by atoms with van der Waals surface area (Å²) in [4.78, 5) is 26.5. The second kappa shape index (κ2) is 10.5. The number of benzene rings is 1. The Bertz CT molecular complexity index is 698. The Morgan fingerprint density at radius 1 is 1.39 bits per heavy atom. The molecule has 28 heavy (non-hydrogen) atoms. The van der Waals surface area contributed by atoms with E-state index in [0.717, 1.165) is 32.5 Å². The number of amides is 1. The predicted octanol–water partition coefficient (Wildman–Crippen LogP) is 2.71. The maximum atomic E-state index is 12.7. The van der Waals surface area contributed by atoms with E-state index in [1.807, 2.05) is 6.92 Å². The van der Waals surface area contributed by atoms with Gasteiger partial charge in [-0.15, -0.1) is 0 Å². The minimum Gasteiger partial charge on any atom is -0.496 e. The first kappa shape index (κ1) is 22.3. The van der Waals surface area contributed by atoms with Gasteiger partial charge in [0.15, 0.2) is 0 Å². The van der Waals surface area contributed by atoms with Crippen molar-refractivity contribution < 1.29 is 19.1 Å². The SMILES string of the molecule is CCOC(=O)CCCN1CC[C@@H](NC(=O)c2cc(Cl)c(N)cc2OC)[C@H](C)C1. The van der Waals surface area contributed by atoms with Crippen LogP contribution in [0, 0.1) is 5.92 Å². The first-order valence-electron chi connectivity index (χ1n) is 9.67. The van der Waals surface area contributed by atoms with E-state index in [2.05, 4.69) is 17.1 Å². The van der Waals surface area contributed by atoms with Gasteiger partial charge in [0.1, 0.15) is 5.75 Å². The highest BCUT2D eigenvalue weighted by atomic mass is 35.5. The molecular weight excluding hydrogens is 382 g/mol. The summed E-state index contributed by atoms with van der Waals surface area (Å²) in [7, 11) is 1.50. The molecule has 0 unspecified atom stereocenters. The van der Waals surface area contributed by atoms with Crippen molar-refractivity contribution in [2.24, 2.45) is 5.92 Å². The summed E-state index contributed by atoms with van der Waals surface area (Å²) in [5, 5.41) is 3.43. The monoisotopic (exact) mass is 411 g/mol.